The van der Waals surface area contributed by atoms with Gasteiger partial charge in [-0.1, -0.05) is 23.7 Å². The zero-order valence-electron chi connectivity index (χ0n) is 16.3. The quantitative estimate of drug-likeness (QED) is 0.467. The molecule has 1 aliphatic heterocycles. The molecular formula is C21H24ClN3O5. The molecule has 0 bridgehead atoms. The Labute approximate surface area is 178 Å². The SMILES string of the molecule is CC(O)CCc1ncnc2c1ccn2[C@@H]1O[C@H](C(O)c2ccc(Cl)cc2)[C@@H](O)[C@H]1O. The number of aliphatic hydroxyl groups excluding tert-OH is 4. The average Bonchev–Trinajstić information content (AvgIpc) is 3.28. The lowest BCUT2D eigenvalue weighted by atomic mass is 9.99. The number of nitrogens with zero attached hydrogens (tertiary/aromatic N) is 3. The minimum absolute atomic E-state index is 0.442. The second-order valence-corrected chi connectivity index (χ2v) is 8.07. The van der Waals surface area contributed by atoms with Crippen LogP contribution in [0, 0.1) is 0 Å². The van der Waals surface area contributed by atoms with Crippen LogP contribution < -0.4 is 0 Å². The van der Waals surface area contributed by atoms with Crippen LogP contribution in [0.3, 0.4) is 0 Å². The van der Waals surface area contributed by atoms with Crippen LogP contribution in [0.25, 0.3) is 11.0 Å². The Bertz CT molecular complexity index is 1010. The Kier molecular flexibility index (Phi) is 6.06. The first-order valence-electron chi connectivity index (χ1n) is 9.80. The number of aryl methyl sites for hydroxylation is 1. The number of fused-ring (bicyclic) bond motifs is 1. The van der Waals surface area contributed by atoms with Crippen LogP contribution in [0.1, 0.15) is 36.9 Å². The van der Waals surface area contributed by atoms with Gasteiger partial charge in [0, 0.05) is 16.6 Å². The second kappa shape index (κ2) is 8.58. The van der Waals surface area contributed by atoms with Crippen molar-refractivity contribution in [1.82, 2.24) is 14.5 Å². The van der Waals surface area contributed by atoms with E-state index in [4.69, 9.17) is 16.3 Å². The molecule has 1 saturated heterocycles. The first-order valence-corrected chi connectivity index (χ1v) is 10.2. The summed E-state index contributed by atoms with van der Waals surface area (Å²) in [5.74, 6) is 0. The summed E-state index contributed by atoms with van der Waals surface area (Å²) in [6.07, 6.45) is -1.82. The third kappa shape index (κ3) is 3.94. The largest absolute Gasteiger partial charge is 0.393 e. The van der Waals surface area contributed by atoms with E-state index in [1.807, 2.05) is 6.07 Å². The van der Waals surface area contributed by atoms with Crippen molar-refractivity contribution >= 4 is 22.6 Å². The fourth-order valence-electron chi connectivity index (χ4n) is 3.80. The minimum Gasteiger partial charge on any atom is -0.393 e. The van der Waals surface area contributed by atoms with E-state index in [1.165, 1.54) is 6.33 Å². The van der Waals surface area contributed by atoms with Crippen LogP contribution in [0.15, 0.2) is 42.9 Å². The summed E-state index contributed by atoms with van der Waals surface area (Å²) < 4.78 is 7.53. The summed E-state index contributed by atoms with van der Waals surface area (Å²) in [4.78, 5) is 8.61. The summed E-state index contributed by atoms with van der Waals surface area (Å²) in [5.41, 5.74) is 1.85. The van der Waals surface area contributed by atoms with E-state index in [0.717, 1.165) is 11.1 Å². The number of hydrogen-bond acceptors (Lipinski definition) is 7. The van der Waals surface area contributed by atoms with E-state index in [9.17, 15) is 20.4 Å². The highest BCUT2D eigenvalue weighted by Crippen LogP contribution is 2.37. The van der Waals surface area contributed by atoms with Crippen LogP contribution in [0.5, 0.6) is 0 Å². The highest BCUT2D eigenvalue weighted by Gasteiger charge is 2.47. The maximum Gasteiger partial charge on any atom is 0.164 e. The zero-order chi connectivity index (χ0) is 21.4. The number of rotatable bonds is 6. The standard InChI is InChI=1S/C21H24ClN3O5/c1-11(26)2-7-15-14-8-9-25(20(14)24-10-23-15)21-18(29)17(28)19(30-21)16(27)12-3-5-13(22)6-4-12/h3-6,8-11,16-19,21,26-29H,2,7H2,1H3/t11?,16?,17-,18+,19+,21+/m0/s1. The van der Waals surface area contributed by atoms with Crippen molar-refractivity contribution in [2.45, 2.75) is 56.5 Å². The van der Waals surface area contributed by atoms with Gasteiger partial charge in [0.25, 0.3) is 0 Å². The Morgan fingerprint density at radius 2 is 1.83 bits per heavy atom. The molecule has 2 unspecified atom stereocenters. The van der Waals surface area contributed by atoms with Gasteiger partial charge in [0.2, 0.25) is 0 Å². The maximum atomic E-state index is 10.7. The second-order valence-electron chi connectivity index (χ2n) is 7.64. The molecule has 2 aromatic heterocycles. The Morgan fingerprint density at radius 1 is 1.10 bits per heavy atom. The van der Waals surface area contributed by atoms with Gasteiger partial charge in [0.15, 0.2) is 6.23 Å². The minimum atomic E-state index is -1.30. The van der Waals surface area contributed by atoms with Crippen molar-refractivity contribution in [3.8, 4) is 0 Å². The number of hydrogen-bond donors (Lipinski definition) is 4. The van der Waals surface area contributed by atoms with Crippen molar-refractivity contribution in [3.05, 3.63) is 59.1 Å². The van der Waals surface area contributed by atoms with Crippen molar-refractivity contribution in [2.24, 2.45) is 0 Å². The first kappa shape index (κ1) is 21.2. The summed E-state index contributed by atoms with van der Waals surface area (Å²) in [6.45, 7) is 1.72. The summed E-state index contributed by atoms with van der Waals surface area (Å²) in [5, 5.41) is 42.8. The van der Waals surface area contributed by atoms with E-state index in [-0.39, 0.29) is 0 Å². The van der Waals surface area contributed by atoms with Crippen molar-refractivity contribution in [1.29, 1.82) is 0 Å². The van der Waals surface area contributed by atoms with Crippen LogP contribution in [-0.2, 0) is 11.2 Å². The molecule has 1 aliphatic rings. The van der Waals surface area contributed by atoms with Crippen LogP contribution >= 0.6 is 11.6 Å². The Balaban J connectivity index is 1.60. The highest BCUT2D eigenvalue weighted by atomic mass is 35.5. The van der Waals surface area contributed by atoms with E-state index < -0.39 is 36.7 Å². The van der Waals surface area contributed by atoms with Gasteiger partial charge >= 0.3 is 0 Å². The number of ether oxygens (including phenoxy) is 1. The van der Waals surface area contributed by atoms with E-state index in [1.54, 1.807) is 42.0 Å². The lowest BCUT2D eigenvalue weighted by Crippen LogP contribution is -2.34. The number of aliphatic hydroxyl groups is 4. The molecule has 3 heterocycles. The third-order valence-corrected chi connectivity index (χ3v) is 5.71. The van der Waals surface area contributed by atoms with Gasteiger partial charge in [-0.3, -0.25) is 0 Å². The molecule has 1 fully saturated rings. The Hall–Kier alpha value is -2.07. The van der Waals surface area contributed by atoms with E-state index in [0.29, 0.717) is 29.1 Å². The van der Waals surface area contributed by atoms with Gasteiger partial charge in [-0.2, -0.15) is 0 Å². The molecule has 160 valence electrons. The molecule has 1 aromatic carbocycles. The monoisotopic (exact) mass is 433 g/mol. The van der Waals surface area contributed by atoms with Crippen molar-refractivity contribution < 1.29 is 25.2 Å². The summed E-state index contributed by atoms with van der Waals surface area (Å²) >= 11 is 5.89. The molecule has 0 amide bonds. The lowest BCUT2D eigenvalue weighted by molar-refractivity contribution is -0.0848. The summed E-state index contributed by atoms with van der Waals surface area (Å²) in [6, 6.07) is 8.39. The Morgan fingerprint density at radius 3 is 2.53 bits per heavy atom. The van der Waals surface area contributed by atoms with Crippen LogP contribution in [0.2, 0.25) is 5.02 Å². The predicted octanol–water partition coefficient (Wildman–Crippen LogP) is 1.75. The molecule has 3 aromatic rings. The fourth-order valence-corrected chi connectivity index (χ4v) is 3.93. The first-order chi connectivity index (χ1) is 14.4. The number of halogens is 1. The lowest BCUT2D eigenvalue weighted by Gasteiger charge is -2.21. The molecule has 30 heavy (non-hydrogen) atoms. The van der Waals surface area contributed by atoms with Gasteiger partial charge in [0.1, 0.15) is 36.4 Å². The molecule has 0 aliphatic carbocycles. The smallest absolute Gasteiger partial charge is 0.164 e. The molecule has 4 N–H and O–H groups in total. The van der Waals surface area contributed by atoms with Crippen LogP contribution in [0.4, 0.5) is 0 Å². The molecule has 0 radical (unpaired) electrons. The average molecular weight is 434 g/mol. The fraction of sp³-hybridized carbons (Fsp3) is 0.429. The van der Waals surface area contributed by atoms with Gasteiger partial charge in [-0.25, -0.2) is 9.97 Å². The van der Waals surface area contributed by atoms with Crippen LogP contribution in [-0.4, -0.2) is 59.4 Å². The van der Waals surface area contributed by atoms with Gasteiger partial charge in [0.05, 0.1) is 11.8 Å². The molecule has 4 rings (SSSR count). The molecule has 8 nitrogen and oxygen atoms in total. The molecule has 6 atom stereocenters. The molecule has 0 saturated carbocycles. The van der Waals surface area contributed by atoms with Crippen molar-refractivity contribution in [3.63, 3.8) is 0 Å². The molecule has 0 spiro atoms. The van der Waals surface area contributed by atoms with Gasteiger partial charge in [-0.05, 0) is 43.5 Å². The van der Waals surface area contributed by atoms with Crippen molar-refractivity contribution in [2.75, 3.05) is 0 Å². The zero-order valence-corrected chi connectivity index (χ0v) is 17.1. The maximum absolute atomic E-state index is 10.7. The van der Waals surface area contributed by atoms with Gasteiger partial charge in [-0.15, -0.1) is 0 Å². The number of benzene rings is 1. The topological polar surface area (TPSA) is 121 Å². The molecular weight excluding hydrogens is 410 g/mol. The number of aromatic nitrogens is 3. The third-order valence-electron chi connectivity index (χ3n) is 5.46. The predicted molar refractivity (Wildman–Crippen MR) is 110 cm³/mol. The van der Waals surface area contributed by atoms with Gasteiger partial charge < -0.3 is 29.7 Å². The highest BCUT2D eigenvalue weighted by molar-refractivity contribution is 6.30. The summed E-state index contributed by atoms with van der Waals surface area (Å²) in [7, 11) is 0. The van der Waals surface area contributed by atoms with E-state index >= 15 is 0 Å². The van der Waals surface area contributed by atoms with E-state index in [2.05, 4.69) is 9.97 Å². The normalized spacial score (nSPS) is 26.2. The molecule has 9 heteroatoms.